The van der Waals surface area contributed by atoms with E-state index in [-0.39, 0.29) is 5.91 Å². The normalized spacial score (nSPS) is 10.5. The fourth-order valence-corrected chi connectivity index (χ4v) is 1.77. The van der Waals surface area contributed by atoms with Crippen LogP contribution in [-0.2, 0) is 0 Å². The maximum Gasteiger partial charge on any atom is 0.268 e. The second-order valence-electron chi connectivity index (χ2n) is 3.53. The smallest absolute Gasteiger partial charge is 0.268 e. The number of amides is 1. The standard InChI is InChI=1S/C13H20N2O/c1-4-14(5-2)15(6-3)13(16)12-10-8-7-9-11-12/h7-11H,4-6H2,1-3H3. The Morgan fingerprint density at radius 2 is 1.56 bits per heavy atom. The Labute approximate surface area is 97.6 Å². The van der Waals surface area contributed by atoms with Crippen molar-refractivity contribution in [2.24, 2.45) is 0 Å². The first-order valence-electron chi connectivity index (χ1n) is 5.86. The highest BCUT2D eigenvalue weighted by Crippen LogP contribution is 2.07. The third kappa shape index (κ3) is 2.83. The molecule has 0 unspecified atom stereocenters. The van der Waals surface area contributed by atoms with Gasteiger partial charge in [0.15, 0.2) is 0 Å². The first-order valence-corrected chi connectivity index (χ1v) is 5.86. The maximum absolute atomic E-state index is 12.2. The fraction of sp³-hybridized carbons (Fsp3) is 0.462. The first kappa shape index (κ1) is 12.7. The third-order valence-corrected chi connectivity index (χ3v) is 2.63. The molecule has 0 heterocycles. The summed E-state index contributed by atoms with van der Waals surface area (Å²) in [7, 11) is 0. The molecule has 0 fully saturated rings. The SMILES string of the molecule is CCN(CC)N(CC)C(=O)c1ccccc1. The number of carbonyl (C=O) groups excluding carboxylic acids is 1. The second-order valence-corrected chi connectivity index (χ2v) is 3.53. The zero-order chi connectivity index (χ0) is 12.0. The molecular weight excluding hydrogens is 200 g/mol. The van der Waals surface area contributed by atoms with Crippen molar-refractivity contribution in [2.75, 3.05) is 19.6 Å². The molecule has 0 saturated heterocycles. The number of nitrogens with zero attached hydrogens (tertiary/aromatic N) is 2. The van der Waals surface area contributed by atoms with E-state index in [9.17, 15) is 4.79 Å². The Balaban J connectivity index is 2.85. The van der Waals surface area contributed by atoms with Crippen molar-refractivity contribution in [2.45, 2.75) is 20.8 Å². The molecule has 1 aromatic carbocycles. The monoisotopic (exact) mass is 220 g/mol. The predicted molar refractivity (Wildman–Crippen MR) is 66.1 cm³/mol. The minimum absolute atomic E-state index is 0.0757. The quantitative estimate of drug-likeness (QED) is 0.711. The summed E-state index contributed by atoms with van der Waals surface area (Å²) in [6.07, 6.45) is 0. The predicted octanol–water partition coefficient (Wildman–Crippen LogP) is 2.41. The van der Waals surface area contributed by atoms with E-state index in [4.69, 9.17) is 0 Å². The zero-order valence-corrected chi connectivity index (χ0v) is 10.3. The summed E-state index contributed by atoms with van der Waals surface area (Å²) in [5.74, 6) is 0.0757. The van der Waals surface area contributed by atoms with E-state index in [0.717, 1.165) is 18.7 Å². The van der Waals surface area contributed by atoms with Crippen LogP contribution in [0.3, 0.4) is 0 Å². The number of hydrazine groups is 1. The van der Waals surface area contributed by atoms with E-state index in [1.165, 1.54) is 0 Å². The average molecular weight is 220 g/mol. The average Bonchev–Trinajstić information content (AvgIpc) is 2.36. The van der Waals surface area contributed by atoms with Gasteiger partial charge in [-0.25, -0.2) is 5.01 Å². The molecule has 3 heteroatoms. The van der Waals surface area contributed by atoms with Gasteiger partial charge in [0, 0.05) is 25.2 Å². The molecule has 0 radical (unpaired) electrons. The molecule has 0 aliphatic rings. The Bertz CT molecular complexity index is 320. The van der Waals surface area contributed by atoms with Crippen LogP contribution in [0.4, 0.5) is 0 Å². The van der Waals surface area contributed by atoms with Gasteiger partial charge >= 0.3 is 0 Å². The van der Waals surface area contributed by atoms with Crippen LogP contribution >= 0.6 is 0 Å². The van der Waals surface area contributed by atoms with Crippen LogP contribution < -0.4 is 0 Å². The summed E-state index contributed by atoms with van der Waals surface area (Å²) in [4.78, 5) is 12.2. The van der Waals surface area contributed by atoms with Crippen LogP contribution in [0.1, 0.15) is 31.1 Å². The van der Waals surface area contributed by atoms with Crippen LogP contribution in [0, 0.1) is 0 Å². The summed E-state index contributed by atoms with van der Waals surface area (Å²) >= 11 is 0. The van der Waals surface area contributed by atoms with Crippen molar-refractivity contribution in [1.82, 2.24) is 10.0 Å². The van der Waals surface area contributed by atoms with E-state index in [2.05, 4.69) is 18.9 Å². The van der Waals surface area contributed by atoms with Gasteiger partial charge in [0.2, 0.25) is 0 Å². The molecule has 0 atom stereocenters. The number of carbonyl (C=O) groups is 1. The molecular formula is C13H20N2O. The molecule has 3 nitrogen and oxygen atoms in total. The summed E-state index contributed by atoms with van der Waals surface area (Å²) in [6, 6.07) is 9.42. The van der Waals surface area contributed by atoms with Crippen LogP contribution in [0.5, 0.6) is 0 Å². The highest BCUT2D eigenvalue weighted by Gasteiger charge is 2.18. The Hall–Kier alpha value is -1.35. The molecule has 16 heavy (non-hydrogen) atoms. The van der Waals surface area contributed by atoms with Gasteiger partial charge < -0.3 is 0 Å². The van der Waals surface area contributed by atoms with E-state index in [1.54, 1.807) is 5.01 Å². The van der Waals surface area contributed by atoms with E-state index < -0.39 is 0 Å². The molecule has 1 amide bonds. The van der Waals surface area contributed by atoms with Gasteiger partial charge in [0.1, 0.15) is 0 Å². The topological polar surface area (TPSA) is 23.6 Å². The first-order chi connectivity index (χ1) is 7.74. The number of rotatable bonds is 5. The minimum Gasteiger partial charge on any atom is -0.272 e. The lowest BCUT2D eigenvalue weighted by molar-refractivity contribution is -0.00113. The molecule has 1 aromatic rings. The van der Waals surface area contributed by atoms with Gasteiger partial charge in [-0.2, -0.15) is 0 Å². The minimum atomic E-state index is 0.0757. The van der Waals surface area contributed by atoms with Crippen LogP contribution in [0.2, 0.25) is 0 Å². The number of hydrogen-bond acceptors (Lipinski definition) is 2. The largest absolute Gasteiger partial charge is 0.272 e. The van der Waals surface area contributed by atoms with E-state index in [1.807, 2.05) is 37.3 Å². The molecule has 0 spiro atoms. The third-order valence-electron chi connectivity index (χ3n) is 2.63. The lowest BCUT2D eigenvalue weighted by atomic mass is 10.2. The Morgan fingerprint density at radius 3 is 2.00 bits per heavy atom. The van der Waals surface area contributed by atoms with Gasteiger partial charge in [-0.15, -0.1) is 0 Å². The summed E-state index contributed by atoms with van der Waals surface area (Å²) in [5.41, 5.74) is 0.747. The maximum atomic E-state index is 12.2. The fourth-order valence-electron chi connectivity index (χ4n) is 1.77. The van der Waals surface area contributed by atoms with Crippen LogP contribution in [0.25, 0.3) is 0 Å². The van der Waals surface area contributed by atoms with Crippen LogP contribution in [0.15, 0.2) is 30.3 Å². The molecule has 0 aliphatic heterocycles. The van der Waals surface area contributed by atoms with Crippen molar-refractivity contribution in [3.63, 3.8) is 0 Å². The van der Waals surface area contributed by atoms with Crippen molar-refractivity contribution >= 4 is 5.91 Å². The van der Waals surface area contributed by atoms with E-state index in [0.29, 0.717) is 6.54 Å². The van der Waals surface area contributed by atoms with Crippen molar-refractivity contribution in [1.29, 1.82) is 0 Å². The van der Waals surface area contributed by atoms with E-state index >= 15 is 0 Å². The Kier molecular flexibility index (Phi) is 4.99. The molecule has 0 bridgehead atoms. The van der Waals surface area contributed by atoms with Crippen molar-refractivity contribution in [3.05, 3.63) is 35.9 Å². The second kappa shape index (κ2) is 6.28. The summed E-state index contributed by atoms with van der Waals surface area (Å²) in [6.45, 7) is 8.52. The number of benzene rings is 1. The molecule has 0 saturated carbocycles. The molecule has 0 N–H and O–H groups in total. The number of hydrogen-bond donors (Lipinski definition) is 0. The van der Waals surface area contributed by atoms with Gasteiger partial charge in [0.25, 0.3) is 5.91 Å². The zero-order valence-electron chi connectivity index (χ0n) is 10.3. The van der Waals surface area contributed by atoms with Crippen LogP contribution in [-0.4, -0.2) is 35.6 Å². The lowest BCUT2D eigenvalue weighted by Gasteiger charge is -2.32. The molecule has 1 rings (SSSR count). The molecule has 0 aliphatic carbocycles. The van der Waals surface area contributed by atoms with Gasteiger partial charge in [-0.05, 0) is 19.1 Å². The van der Waals surface area contributed by atoms with Crippen molar-refractivity contribution < 1.29 is 4.79 Å². The lowest BCUT2D eigenvalue weighted by Crippen LogP contribution is -2.46. The summed E-state index contributed by atoms with van der Waals surface area (Å²) in [5, 5.41) is 3.85. The van der Waals surface area contributed by atoms with Gasteiger partial charge in [-0.1, -0.05) is 32.0 Å². The highest BCUT2D eigenvalue weighted by molar-refractivity contribution is 5.93. The van der Waals surface area contributed by atoms with Crippen molar-refractivity contribution in [3.8, 4) is 0 Å². The van der Waals surface area contributed by atoms with Gasteiger partial charge in [-0.3, -0.25) is 9.80 Å². The molecule has 0 aromatic heterocycles. The molecule has 88 valence electrons. The summed E-state index contributed by atoms with van der Waals surface area (Å²) < 4.78 is 0. The Morgan fingerprint density at radius 1 is 1.00 bits per heavy atom. The van der Waals surface area contributed by atoms with Gasteiger partial charge in [0.05, 0.1) is 0 Å². The highest BCUT2D eigenvalue weighted by atomic mass is 16.2.